The summed E-state index contributed by atoms with van der Waals surface area (Å²) in [7, 11) is 0. The van der Waals surface area contributed by atoms with Crippen molar-refractivity contribution in [2.45, 2.75) is 26.7 Å². The molecule has 0 heterocycles. The maximum absolute atomic E-state index is 11.3. The van der Waals surface area contributed by atoms with Crippen LogP contribution in [0, 0.1) is 0 Å². The fourth-order valence-corrected chi connectivity index (χ4v) is 1.05. The second-order valence-electron chi connectivity index (χ2n) is 2.94. The van der Waals surface area contributed by atoms with E-state index in [0.717, 1.165) is 0 Å². The van der Waals surface area contributed by atoms with Gasteiger partial charge in [0.25, 0.3) is 0 Å². The zero-order chi connectivity index (χ0) is 11.7. The van der Waals surface area contributed by atoms with Crippen LogP contribution in [-0.2, 0) is 14.3 Å². The normalized spacial score (nSPS) is 11.7. The van der Waals surface area contributed by atoms with Crippen molar-refractivity contribution in [2.75, 3.05) is 6.61 Å². The van der Waals surface area contributed by atoms with Crippen LogP contribution in [0.4, 0.5) is 0 Å². The number of carbonyl (C=O) groups is 2. The summed E-state index contributed by atoms with van der Waals surface area (Å²) in [6, 6.07) is 0. The second-order valence-corrected chi connectivity index (χ2v) is 2.94. The Morgan fingerprint density at radius 2 is 2.00 bits per heavy atom. The number of hydrogen-bond donors (Lipinski definition) is 1. The molecular formula is C11H17NO3. The Kier molecular flexibility index (Phi) is 6.97. The second kappa shape index (κ2) is 7.79. The van der Waals surface area contributed by atoms with Crippen LogP contribution >= 0.6 is 0 Å². The summed E-state index contributed by atoms with van der Waals surface area (Å²) < 4.78 is 4.66. The summed E-state index contributed by atoms with van der Waals surface area (Å²) >= 11 is 0. The number of Topliss-reactive ketones (excluding diaryl/α,β-unsaturated/α-hetero) is 1. The maximum atomic E-state index is 11.3. The molecule has 0 radical (unpaired) electrons. The Morgan fingerprint density at radius 1 is 1.33 bits per heavy atom. The molecule has 0 spiro atoms. The highest BCUT2D eigenvalue weighted by atomic mass is 16.5. The SMILES string of the molecule is C/C=C\C(=C/N)CC(=O)CC(=O)OCC. The van der Waals surface area contributed by atoms with Crippen LogP contribution in [0.5, 0.6) is 0 Å². The van der Waals surface area contributed by atoms with Gasteiger partial charge in [-0.2, -0.15) is 0 Å². The summed E-state index contributed by atoms with van der Waals surface area (Å²) in [5, 5.41) is 0. The van der Waals surface area contributed by atoms with Gasteiger partial charge in [-0.05, 0) is 25.6 Å². The first-order valence-corrected chi connectivity index (χ1v) is 4.84. The lowest BCUT2D eigenvalue weighted by Gasteiger charge is -2.01. The van der Waals surface area contributed by atoms with Gasteiger partial charge in [0.15, 0.2) is 0 Å². The van der Waals surface area contributed by atoms with Gasteiger partial charge >= 0.3 is 5.97 Å². The summed E-state index contributed by atoms with van der Waals surface area (Å²) in [6.45, 7) is 3.83. The summed E-state index contributed by atoms with van der Waals surface area (Å²) in [5.74, 6) is -0.678. The lowest BCUT2D eigenvalue weighted by atomic mass is 10.1. The first kappa shape index (κ1) is 13.4. The smallest absolute Gasteiger partial charge is 0.313 e. The van der Waals surface area contributed by atoms with Crippen LogP contribution in [0.2, 0.25) is 0 Å². The molecular weight excluding hydrogens is 194 g/mol. The predicted molar refractivity (Wildman–Crippen MR) is 58.0 cm³/mol. The van der Waals surface area contributed by atoms with Gasteiger partial charge < -0.3 is 10.5 Å². The molecule has 0 bridgehead atoms. The van der Waals surface area contributed by atoms with E-state index < -0.39 is 5.97 Å². The van der Waals surface area contributed by atoms with Crippen LogP contribution in [0.1, 0.15) is 26.7 Å². The zero-order valence-corrected chi connectivity index (χ0v) is 9.16. The number of rotatable bonds is 6. The molecule has 0 saturated carbocycles. The minimum atomic E-state index is -0.487. The van der Waals surface area contributed by atoms with Gasteiger partial charge in [-0.3, -0.25) is 9.59 Å². The highest BCUT2D eigenvalue weighted by Crippen LogP contribution is 2.05. The quantitative estimate of drug-likeness (QED) is 0.408. The standard InChI is InChI=1S/C11H17NO3/c1-3-5-9(8-12)6-10(13)7-11(14)15-4-2/h3,5,8H,4,6-7,12H2,1-2H3/b5-3-,9-8+. The third-order valence-electron chi connectivity index (χ3n) is 1.64. The van der Waals surface area contributed by atoms with Crippen molar-refractivity contribution in [3.05, 3.63) is 23.9 Å². The lowest BCUT2D eigenvalue weighted by Crippen LogP contribution is -2.11. The molecule has 0 rings (SSSR count). The van der Waals surface area contributed by atoms with Crippen molar-refractivity contribution in [1.29, 1.82) is 0 Å². The Hall–Kier alpha value is -1.58. The van der Waals surface area contributed by atoms with Gasteiger partial charge in [-0.25, -0.2) is 0 Å². The van der Waals surface area contributed by atoms with Gasteiger partial charge in [0.05, 0.1) is 6.61 Å². The van der Waals surface area contributed by atoms with Gasteiger partial charge in [-0.15, -0.1) is 0 Å². The predicted octanol–water partition coefficient (Wildman–Crippen LogP) is 1.32. The van der Waals surface area contributed by atoms with E-state index in [2.05, 4.69) is 4.74 Å². The largest absolute Gasteiger partial charge is 0.466 e. The highest BCUT2D eigenvalue weighted by molar-refractivity contribution is 5.96. The summed E-state index contributed by atoms with van der Waals surface area (Å²) in [5.41, 5.74) is 6.02. The van der Waals surface area contributed by atoms with Crippen molar-refractivity contribution in [3.8, 4) is 0 Å². The molecule has 0 aromatic carbocycles. The Bertz CT molecular complexity index is 280. The van der Waals surface area contributed by atoms with Crippen LogP contribution in [0.15, 0.2) is 23.9 Å². The van der Waals surface area contributed by atoms with E-state index in [1.54, 1.807) is 19.1 Å². The molecule has 0 unspecified atom stereocenters. The molecule has 0 aromatic heterocycles. The van der Waals surface area contributed by atoms with E-state index in [1.165, 1.54) is 6.20 Å². The fraction of sp³-hybridized carbons (Fsp3) is 0.455. The van der Waals surface area contributed by atoms with Crippen molar-refractivity contribution in [3.63, 3.8) is 0 Å². The van der Waals surface area contributed by atoms with Gasteiger partial charge in [0, 0.05) is 6.42 Å². The first-order valence-electron chi connectivity index (χ1n) is 4.84. The van der Waals surface area contributed by atoms with Crippen molar-refractivity contribution < 1.29 is 14.3 Å². The number of ketones is 1. The van der Waals surface area contributed by atoms with E-state index in [9.17, 15) is 9.59 Å². The first-order chi connectivity index (χ1) is 7.13. The average molecular weight is 211 g/mol. The van der Waals surface area contributed by atoms with Crippen molar-refractivity contribution >= 4 is 11.8 Å². The summed E-state index contributed by atoms with van der Waals surface area (Å²) in [4.78, 5) is 22.3. The fourth-order valence-electron chi connectivity index (χ4n) is 1.05. The Labute approximate surface area is 89.8 Å². The Balaban J connectivity index is 4.08. The highest BCUT2D eigenvalue weighted by Gasteiger charge is 2.10. The van der Waals surface area contributed by atoms with Crippen LogP contribution in [0.25, 0.3) is 0 Å². The van der Waals surface area contributed by atoms with E-state index in [1.807, 2.05) is 6.92 Å². The summed E-state index contributed by atoms with van der Waals surface area (Å²) in [6.07, 6.45) is 4.87. The monoisotopic (exact) mass is 211 g/mol. The zero-order valence-electron chi connectivity index (χ0n) is 9.16. The molecule has 0 aliphatic carbocycles. The molecule has 0 atom stereocenters. The van der Waals surface area contributed by atoms with Crippen LogP contribution in [0.3, 0.4) is 0 Å². The molecule has 0 aromatic rings. The number of carbonyl (C=O) groups excluding carboxylic acids is 2. The van der Waals surface area contributed by atoms with Crippen LogP contribution < -0.4 is 5.73 Å². The van der Waals surface area contributed by atoms with E-state index in [4.69, 9.17) is 5.73 Å². The third-order valence-corrected chi connectivity index (χ3v) is 1.64. The van der Waals surface area contributed by atoms with E-state index in [0.29, 0.717) is 12.2 Å². The Morgan fingerprint density at radius 3 is 2.47 bits per heavy atom. The number of nitrogens with two attached hydrogens (primary N) is 1. The number of esters is 1. The lowest BCUT2D eigenvalue weighted by molar-refractivity contribution is -0.145. The number of hydrogen-bond acceptors (Lipinski definition) is 4. The van der Waals surface area contributed by atoms with Crippen LogP contribution in [-0.4, -0.2) is 18.4 Å². The maximum Gasteiger partial charge on any atom is 0.313 e. The molecule has 0 saturated heterocycles. The molecule has 0 aliphatic heterocycles. The molecule has 84 valence electrons. The van der Waals surface area contributed by atoms with Gasteiger partial charge in [-0.1, -0.05) is 12.2 Å². The van der Waals surface area contributed by atoms with Gasteiger partial charge in [0.1, 0.15) is 12.2 Å². The molecule has 4 heteroatoms. The van der Waals surface area contributed by atoms with E-state index in [-0.39, 0.29) is 18.6 Å². The number of allylic oxidation sites excluding steroid dienone is 3. The third kappa shape index (κ3) is 6.49. The minimum Gasteiger partial charge on any atom is -0.466 e. The average Bonchev–Trinajstić information content (AvgIpc) is 2.17. The van der Waals surface area contributed by atoms with Crippen molar-refractivity contribution in [1.82, 2.24) is 0 Å². The molecule has 0 aliphatic rings. The molecule has 0 fully saturated rings. The van der Waals surface area contributed by atoms with Gasteiger partial charge in [0.2, 0.25) is 0 Å². The number of ether oxygens (including phenoxy) is 1. The van der Waals surface area contributed by atoms with E-state index >= 15 is 0 Å². The topological polar surface area (TPSA) is 69.4 Å². The molecule has 15 heavy (non-hydrogen) atoms. The minimum absolute atomic E-state index is 0.166. The van der Waals surface area contributed by atoms with Crippen molar-refractivity contribution in [2.24, 2.45) is 5.73 Å². The molecule has 4 nitrogen and oxygen atoms in total. The molecule has 0 amide bonds. The molecule has 2 N–H and O–H groups in total.